The van der Waals surface area contributed by atoms with Crippen LogP contribution in [0.4, 0.5) is 0 Å². The third-order valence-corrected chi connectivity index (χ3v) is 5.53. The largest absolute Gasteiger partial charge is 0.352 e. The van der Waals surface area contributed by atoms with Gasteiger partial charge in [0.1, 0.15) is 6.33 Å². The second-order valence-electron chi connectivity index (χ2n) is 7.83. The van der Waals surface area contributed by atoms with Crippen molar-refractivity contribution in [2.45, 2.75) is 33.1 Å². The minimum Gasteiger partial charge on any atom is -0.352 e. The van der Waals surface area contributed by atoms with Crippen molar-refractivity contribution in [2.24, 2.45) is 0 Å². The topological polar surface area (TPSA) is 88.0 Å². The van der Waals surface area contributed by atoms with Crippen molar-refractivity contribution in [2.75, 3.05) is 6.54 Å². The molecule has 1 aliphatic heterocycles. The van der Waals surface area contributed by atoms with E-state index in [1.54, 1.807) is 10.8 Å². The van der Waals surface area contributed by atoms with Crippen molar-refractivity contribution in [3.63, 3.8) is 0 Å². The Morgan fingerprint density at radius 3 is 2.86 bits per heavy atom. The number of aryl methyl sites for hydroxylation is 1. The molecule has 0 saturated carbocycles. The number of carbonyl (C=O) groups is 1. The lowest BCUT2D eigenvalue weighted by molar-refractivity contribution is 0.0946. The summed E-state index contributed by atoms with van der Waals surface area (Å²) in [5, 5.41) is 15.1. The van der Waals surface area contributed by atoms with Gasteiger partial charge in [-0.2, -0.15) is 10.2 Å². The normalized spacial score (nSPS) is 13.7. The molecule has 0 saturated heterocycles. The molecule has 0 fully saturated rings. The van der Waals surface area contributed by atoms with Gasteiger partial charge in [-0.25, -0.2) is 9.50 Å². The fourth-order valence-corrected chi connectivity index (χ4v) is 4.16. The van der Waals surface area contributed by atoms with Crippen LogP contribution in [0.1, 0.15) is 46.8 Å². The van der Waals surface area contributed by atoms with E-state index >= 15 is 0 Å². The third kappa shape index (κ3) is 2.81. The van der Waals surface area contributed by atoms with Crippen molar-refractivity contribution >= 4 is 11.6 Å². The number of pyridine rings is 1. The van der Waals surface area contributed by atoms with Gasteiger partial charge in [-0.05, 0) is 48.6 Å². The number of H-pyrrole nitrogens is 1. The predicted octanol–water partition coefficient (Wildman–Crippen LogP) is 3.50. The first kappa shape index (κ1) is 17.6. The molecule has 146 valence electrons. The molecule has 4 heterocycles. The summed E-state index contributed by atoms with van der Waals surface area (Å²) in [5.41, 5.74) is 8.89. The minimum atomic E-state index is 0.00112. The lowest BCUT2D eigenvalue weighted by atomic mass is 9.91. The van der Waals surface area contributed by atoms with Gasteiger partial charge in [0.2, 0.25) is 0 Å². The molecular formula is C22H22N6O. The molecule has 4 aromatic rings. The van der Waals surface area contributed by atoms with Crippen LogP contribution in [0.5, 0.6) is 0 Å². The van der Waals surface area contributed by atoms with Gasteiger partial charge in [0.25, 0.3) is 5.91 Å². The molecule has 0 aliphatic carbocycles. The van der Waals surface area contributed by atoms with Crippen molar-refractivity contribution in [1.29, 1.82) is 0 Å². The molecule has 29 heavy (non-hydrogen) atoms. The molecule has 3 aromatic heterocycles. The number of hydrogen-bond donors (Lipinski definition) is 2. The predicted molar refractivity (Wildman–Crippen MR) is 111 cm³/mol. The van der Waals surface area contributed by atoms with E-state index in [-0.39, 0.29) is 11.8 Å². The number of carbonyl (C=O) groups excluding carboxylic acids is 1. The number of nitrogens with one attached hydrogen (secondary N) is 2. The Balaban J connectivity index is 1.66. The van der Waals surface area contributed by atoms with Crippen molar-refractivity contribution < 1.29 is 4.79 Å². The molecule has 7 heteroatoms. The lowest BCUT2D eigenvalue weighted by Crippen LogP contribution is -2.31. The van der Waals surface area contributed by atoms with Crippen molar-refractivity contribution in [3.8, 4) is 22.5 Å². The zero-order valence-electron chi connectivity index (χ0n) is 16.7. The summed E-state index contributed by atoms with van der Waals surface area (Å²) in [6, 6.07) is 8.11. The average molecular weight is 386 g/mol. The van der Waals surface area contributed by atoms with Gasteiger partial charge in [0.15, 0.2) is 5.65 Å². The van der Waals surface area contributed by atoms with Crippen LogP contribution in [-0.2, 0) is 6.42 Å². The van der Waals surface area contributed by atoms with Gasteiger partial charge in [-0.15, -0.1) is 0 Å². The SMILES string of the molecule is Cc1cc(-c2[nH]nc(-c3ccc4c(c3)CCNC4=O)c2C(C)C)cn2ncnc12. The molecule has 1 aliphatic rings. The minimum absolute atomic E-state index is 0.00112. The first-order valence-electron chi connectivity index (χ1n) is 9.83. The second-order valence-corrected chi connectivity index (χ2v) is 7.83. The number of amides is 1. The molecule has 0 unspecified atom stereocenters. The van der Waals surface area contributed by atoms with Crippen molar-refractivity contribution in [3.05, 3.63) is 59.0 Å². The summed E-state index contributed by atoms with van der Waals surface area (Å²) in [7, 11) is 0. The molecule has 0 bridgehead atoms. The number of rotatable bonds is 3. The van der Waals surface area contributed by atoms with Crippen LogP contribution >= 0.6 is 0 Å². The quantitative estimate of drug-likeness (QED) is 0.564. The van der Waals surface area contributed by atoms with Gasteiger partial charge in [0.05, 0.1) is 11.4 Å². The molecule has 5 rings (SSSR count). The van der Waals surface area contributed by atoms with E-state index in [0.29, 0.717) is 6.54 Å². The van der Waals surface area contributed by atoms with E-state index in [9.17, 15) is 4.79 Å². The molecule has 2 N–H and O–H groups in total. The number of fused-ring (bicyclic) bond motifs is 2. The monoisotopic (exact) mass is 386 g/mol. The maximum atomic E-state index is 12.1. The molecule has 0 radical (unpaired) electrons. The second kappa shape index (κ2) is 6.55. The molecular weight excluding hydrogens is 364 g/mol. The number of hydrogen-bond acceptors (Lipinski definition) is 4. The maximum absolute atomic E-state index is 12.1. The fourth-order valence-electron chi connectivity index (χ4n) is 4.16. The number of nitrogens with zero attached hydrogens (tertiary/aromatic N) is 4. The Bertz CT molecular complexity index is 1250. The van der Waals surface area contributed by atoms with E-state index in [2.05, 4.69) is 51.6 Å². The van der Waals surface area contributed by atoms with E-state index < -0.39 is 0 Å². The van der Waals surface area contributed by atoms with E-state index in [0.717, 1.165) is 56.8 Å². The average Bonchev–Trinajstić information content (AvgIpc) is 3.35. The first-order chi connectivity index (χ1) is 14.0. The van der Waals surface area contributed by atoms with Gasteiger partial charge < -0.3 is 5.32 Å². The Labute approximate surface area is 168 Å². The van der Waals surface area contributed by atoms with Crippen LogP contribution in [0.15, 0.2) is 36.8 Å². The van der Waals surface area contributed by atoms with Crippen LogP contribution in [0.2, 0.25) is 0 Å². The highest BCUT2D eigenvalue weighted by atomic mass is 16.1. The highest BCUT2D eigenvalue weighted by molar-refractivity contribution is 5.97. The highest BCUT2D eigenvalue weighted by Gasteiger charge is 2.22. The van der Waals surface area contributed by atoms with Crippen LogP contribution in [0.3, 0.4) is 0 Å². The zero-order valence-corrected chi connectivity index (χ0v) is 16.7. The molecule has 7 nitrogen and oxygen atoms in total. The zero-order chi connectivity index (χ0) is 20.1. The maximum Gasteiger partial charge on any atom is 0.251 e. The van der Waals surface area contributed by atoms with Gasteiger partial charge in [-0.3, -0.25) is 9.89 Å². The summed E-state index contributed by atoms with van der Waals surface area (Å²) in [6.07, 6.45) is 4.39. The first-order valence-corrected chi connectivity index (χ1v) is 9.83. The summed E-state index contributed by atoms with van der Waals surface area (Å²) in [4.78, 5) is 16.4. The van der Waals surface area contributed by atoms with Gasteiger partial charge >= 0.3 is 0 Å². The van der Waals surface area contributed by atoms with Crippen molar-refractivity contribution in [1.82, 2.24) is 30.1 Å². The van der Waals surface area contributed by atoms with Gasteiger partial charge in [-0.1, -0.05) is 19.9 Å². The van der Waals surface area contributed by atoms with Crippen LogP contribution in [-0.4, -0.2) is 37.2 Å². The van der Waals surface area contributed by atoms with E-state index in [1.165, 1.54) is 0 Å². The number of aromatic amines is 1. The fraction of sp³-hybridized carbons (Fsp3) is 0.273. The van der Waals surface area contributed by atoms with Gasteiger partial charge in [0, 0.05) is 35.0 Å². The van der Waals surface area contributed by atoms with E-state index in [4.69, 9.17) is 0 Å². The van der Waals surface area contributed by atoms with Crippen LogP contribution < -0.4 is 5.32 Å². The highest BCUT2D eigenvalue weighted by Crippen LogP contribution is 2.36. The summed E-state index contributed by atoms with van der Waals surface area (Å²) >= 11 is 0. The Hall–Kier alpha value is -3.48. The third-order valence-electron chi connectivity index (χ3n) is 5.53. The lowest BCUT2D eigenvalue weighted by Gasteiger charge is -2.17. The number of aromatic nitrogens is 5. The summed E-state index contributed by atoms with van der Waals surface area (Å²) < 4.78 is 1.80. The summed E-state index contributed by atoms with van der Waals surface area (Å²) in [6.45, 7) is 7.05. The Morgan fingerprint density at radius 2 is 2.03 bits per heavy atom. The van der Waals surface area contributed by atoms with Crippen LogP contribution in [0, 0.1) is 6.92 Å². The Morgan fingerprint density at radius 1 is 1.17 bits per heavy atom. The number of benzene rings is 1. The Kier molecular flexibility index (Phi) is 3.97. The molecule has 0 atom stereocenters. The smallest absolute Gasteiger partial charge is 0.251 e. The molecule has 0 spiro atoms. The van der Waals surface area contributed by atoms with E-state index in [1.807, 2.05) is 25.3 Å². The van der Waals surface area contributed by atoms with Crippen LogP contribution in [0.25, 0.3) is 28.2 Å². The molecule has 1 amide bonds. The molecule has 1 aromatic carbocycles. The summed E-state index contributed by atoms with van der Waals surface area (Å²) in [5.74, 6) is 0.269. The standard InChI is InChI=1S/C22H22N6O/c1-12(2)18-19(15-4-5-17-14(9-15)6-7-23-22(17)29)26-27-20(18)16-8-13(3)21-24-11-25-28(21)10-16/h4-5,8-12H,6-7H2,1-3H3,(H,23,29)(H,26,27).